The van der Waals surface area contributed by atoms with E-state index >= 15 is 0 Å². The molecule has 0 spiro atoms. The predicted molar refractivity (Wildman–Crippen MR) is 118 cm³/mol. The summed E-state index contributed by atoms with van der Waals surface area (Å²) < 4.78 is 5.75. The lowest BCUT2D eigenvalue weighted by Gasteiger charge is -2.23. The third-order valence-electron chi connectivity index (χ3n) is 4.84. The fourth-order valence-corrected chi connectivity index (χ4v) is 3.15. The van der Waals surface area contributed by atoms with Crippen molar-refractivity contribution in [2.45, 2.75) is 32.9 Å². The molecule has 0 saturated carbocycles. The predicted octanol–water partition coefficient (Wildman–Crippen LogP) is 4.82. The smallest absolute Gasteiger partial charge is 0.261 e. The first-order chi connectivity index (χ1) is 14.6. The van der Waals surface area contributed by atoms with Crippen LogP contribution in [0.3, 0.4) is 0 Å². The molecule has 0 fully saturated rings. The van der Waals surface area contributed by atoms with E-state index in [4.69, 9.17) is 4.74 Å². The second-order valence-corrected chi connectivity index (χ2v) is 7.36. The zero-order chi connectivity index (χ0) is 21.2. The lowest BCUT2D eigenvalue weighted by Crippen LogP contribution is -2.34. The average molecular weight is 402 g/mol. The molecule has 0 N–H and O–H groups in total. The van der Waals surface area contributed by atoms with Gasteiger partial charge >= 0.3 is 0 Å². The Morgan fingerprint density at radius 2 is 1.27 bits per heavy atom. The van der Waals surface area contributed by atoms with Gasteiger partial charge in [0.15, 0.2) is 6.61 Å². The zero-order valence-corrected chi connectivity index (χ0v) is 17.3. The molecule has 0 radical (unpaired) electrons. The first kappa shape index (κ1) is 21.3. The molecule has 4 heteroatoms. The summed E-state index contributed by atoms with van der Waals surface area (Å²) in [6, 6.07) is 27.5. The van der Waals surface area contributed by atoms with Gasteiger partial charge in [0.25, 0.3) is 5.91 Å². The number of Topliss-reactive ketones (excluding diaryl/α,β-unsaturated/α-hetero) is 1. The fourth-order valence-electron chi connectivity index (χ4n) is 3.15. The Kier molecular flexibility index (Phi) is 7.78. The standard InChI is InChI=1S/C26H27NO3/c1-21(28)12-13-22-14-16-25(17-15-22)30-20-26(29)27(18-23-8-4-2-5-9-23)19-24-10-6-3-7-11-24/h2-11,14-17H,12-13,18-20H2,1H3. The molecular weight excluding hydrogens is 374 g/mol. The Morgan fingerprint density at radius 1 is 0.733 bits per heavy atom. The van der Waals surface area contributed by atoms with Gasteiger partial charge < -0.3 is 14.4 Å². The number of carbonyl (C=O) groups is 2. The summed E-state index contributed by atoms with van der Waals surface area (Å²) in [7, 11) is 0. The number of ether oxygens (including phenoxy) is 1. The van der Waals surface area contributed by atoms with Crippen LogP contribution < -0.4 is 4.74 Å². The Morgan fingerprint density at radius 3 is 1.77 bits per heavy atom. The highest BCUT2D eigenvalue weighted by Crippen LogP contribution is 2.15. The van der Waals surface area contributed by atoms with Gasteiger partial charge in [-0.15, -0.1) is 0 Å². The minimum Gasteiger partial charge on any atom is -0.484 e. The van der Waals surface area contributed by atoms with Crippen molar-refractivity contribution in [1.82, 2.24) is 4.90 Å². The third-order valence-corrected chi connectivity index (χ3v) is 4.84. The second kappa shape index (κ2) is 11.0. The van der Waals surface area contributed by atoms with Crippen LogP contribution in [0.1, 0.15) is 30.0 Å². The van der Waals surface area contributed by atoms with Gasteiger partial charge in [-0.3, -0.25) is 4.79 Å². The van der Waals surface area contributed by atoms with Crippen molar-refractivity contribution in [3.8, 4) is 5.75 Å². The maximum atomic E-state index is 12.9. The molecule has 0 aliphatic carbocycles. The molecule has 3 aromatic carbocycles. The molecule has 0 aliphatic rings. The van der Waals surface area contributed by atoms with Gasteiger partial charge in [0, 0.05) is 19.5 Å². The van der Waals surface area contributed by atoms with Crippen LogP contribution in [0, 0.1) is 0 Å². The maximum absolute atomic E-state index is 12.9. The van der Waals surface area contributed by atoms with Crippen LogP contribution >= 0.6 is 0 Å². The molecule has 0 heterocycles. The van der Waals surface area contributed by atoms with Crippen LogP contribution in [0.4, 0.5) is 0 Å². The van der Waals surface area contributed by atoms with E-state index in [9.17, 15) is 9.59 Å². The lowest BCUT2D eigenvalue weighted by atomic mass is 10.1. The quantitative estimate of drug-likeness (QED) is 0.489. The Hall–Kier alpha value is -3.40. The van der Waals surface area contributed by atoms with Crippen LogP contribution in [0.2, 0.25) is 0 Å². The monoisotopic (exact) mass is 401 g/mol. The summed E-state index contributed by atoms with van der Waals surface area (Å²) in [5, 5.41) is 0. The molecule has 0 aromatic heterocycles. The Bertz CT molecular complexity index is 896. The Labute approximate surface area is 178 Å². The second-order valence-electron chi connectivity index (χ2n) is 7.36. The molecule has 0 bridgehead atoms. The molecule has 3 rings (SSSR count). The average Bonchev–Trinajstić information content (AvgIpc) is 2.77. The number of rotatable bonds is 10. The SMILES string of the molecule is CC(=O)CCc1ccc(OCC(=O)N(Cc2ccccc2)Cc2ccccc2)cc1. The molecule has 0 aliphatic heterocycles. The van der Waals surface area contributed by atoms with E-state index in [0.29, 0.717) is 25.3 Å². The highest BCUT2D eigenvalue weighted by molar-refractivity contribution is 5.78. The fraction of sp³-hybridized carbons (Fsp3) is 0.231. The van der Waals surface area contributed by atoms with E-state index in [-0.39, 0.29) is 18.3 Å². The largest absolute Gasteiger partial charge is 0.484 e. The molecule has 3 aromatic rings. The summed E-state index contributed by atoms with van der Waals surface area (Å²) in [6.07, 6.45) is 1.25. The van der Waals surface area contributed by atoms with E-state index in [1.54, 1.807) is 6.92 Å². The number of aryl methyl sites for hydroxylation is 1. The van der Waals surface area contributed by atoms with Crippen molar-refractivity contribution < 1.29 is 14.3 Å². The molecule has 0 saturated heterocycles. The summed E-state index contributed by atoms with van der Waals surface area (Å²) in [6.45, 7) is 2.63. The van der Waals surface area contributed by atoms with Gasteiger partial charge in [0.1, 0.15) is 11.5 Å². The molecule has 30 heavy (non-hydrogen) atoms. The molecule has 154 valence electrons. The van der Waals surface area contributed by atoms with E-state index < -0.39 is 0 Å². The lowest BCUT2D eigenvalue weighted by molar-refractivity contribution is -0.134. The number of benzene rings is 3. The van der Waals surface area contributed by atoms with Gasteiger partial charge in [-0.05, 0) is 42.2 Å². The number of amides is 1. The molecule has 0 atom stereocenters. The minimum atomic E-state index is -0.0663. The summed E-state index contributed by atoms with van der Waals surface area (Å²) in [5.74, 6) is 0.760. The van der Waals surface area contributed by atoms with Gasteiger partial charge in [0.05, 0.1) is 0 Å². The summed E-state index contributed by atoms with van der Waals surface area (Å²) in [5.41, 5.74) is 3.24. The number of hydrogen-bond donors (Lipinski definition) is 0. The van der Waals surface area contributed by atoms with Gasteiger partial charge in [-0.1, -0.05) is 72.8 Å². The maximum Gasteiger partial charge on any atom is 0.261 e. The van der Waals surface area contributed by atoms with Gasteiger partial charge in [-0.25, -0.2) is 0 Å². The number of nitrogens with zero attached hydrogens (tertiary/aromatic N) is 1. The van der Waals surface area contributed by atoms with Crippen LogP contribution in [-0.4, -0.2) is 23.2 Å². The van der Waals surface area contributed by atoms with Crippen LogP contribution in [0.15, 0.2) is 84.9 Å². The highest BCUT2D eigenvalue weighted by Gasteiger charge is 2.15. The van der Waals surface area contributed by atoms with Crippen molar-refractivity contribution >= 4 is 11.7 Å². The van der Waals surface area contributed by atoms with E-state index in [2.05, 4.69) is 0 Å². The van der Waals surface area contributed by atoms with Gasteiger partial charge in [0.2, 0.25) is 0 Å². The van der Waals surface area contributed by atoms with Crippen LogP contribution in [0.5, 0.6) is 5.75 Å². The van der Waals surface area contributed by atoms with Crippen molar-refractivity contribution in [2.24, 2.45) is 0 Å². The number of ketones is 1. The first-order valence-corrected chi connectivity index (χ1v) is 10.2. The number of hydrogen-bond acceptors (Lipinski definition) is 3. The first-order valence-electron chi connectivity index (χ1n) is 10.2. The van der Waals surface area contributed by atoms with Crippen molar-refractivity contribution in [2.75, 3.05) is 6.61 Å². The zero-order valence-electron chi connectivity index (χ0n) is 17.3. The van der Waals surface area contributed by atoms with E-state index in [0.717, 1.165) is 23.1 Å². The number of carbonyl (C=O) groups excluding carboxylic acids is 2. The van der Waals surface area contributed by atoms with E-state index in [1.807, 2.05) is 89.8 Å². The summed E-state index contributed by atoms with van der Waals surface area (Å²) in [4.78, 5) is 25.9. The normalized spacial score (nSPS) is 10.4. The molecule has 4 nitrogen and oxygen atoms in total. The van der Waals surface area contributed by atoms with Gasteiger partial charge in [-0.2, -0.15) is 0 Å². The van der Waals surface area contributed by atoms with Crippen molar-refractivity contribution in [1.29, 1.82) is 0 Å². The molecule has 0 unspecified atom stereocenters. The minimum absolute atomic E-state index is 0.0214. The van der Waals surface area contributed by atoms with Crippen LogP contribution in [-0.2, 0) is 29.1 Å². The third kappa shape index (κ3) is 6.89. The topological polar surface area (TPSA) is 46.6 Å². The molecule has 1 amide bonds. The van der Waals surface area contributed by atoms with Crippen LogP contribution in [0.25, 0.3) is 0 Å². The van der Waals surface area contributed by atoms with E-state index in [1.165, 1.54) is 0 Å². The van der Waals surface area contributed by atoms with Crippen molar-refractivity contribution in [3.63, 3.8) is 0 Å². The Balaban J connectivity index is 1.61. The van der Waals surface area contributed by atoms with Crippen molar-refractivity contribution in [3.05, 3.63) is 102 Å². The highest BCUT2D eigenvalue weighted by atomic mass is 16.5. The molecular formula is C26H27NO3. The summed E-state index contributed by atoms with van der Waals surface area (Å²) >= 11 is 0.